The van der Waals surface area contributed by atoms with Crippen molar-refractivity contribution in [3.63, 3.8) is 0 Å². The summed E-state index contributed by atoms with van der Waals surface area (Å²) < 4.78 is 0. The molecule has 0 aromatic heterocycles. The Kier molecular flexibility index (Phi) is 4.00. The van der Waals surface area contributed by atoms with Gasteiger partial charge in [0.2, 0.25) is 0 Å². The number of rotatable bonds is 3. The van der Waals surface area contributed by atoms with Gasteiger partial charge in [-0.05, 0) is 44.2 Å². The summed E-state index contributed by atoms with van der Waals surface area (Å²) in [6.45, 7) is 9.48. The van der Waals surface area contributed by atoms with Crippen molar-refractivity contribution in [3.05, 3.63) is 54.6 Å². The molecular formula is C20H23P. The summed E-state index contributed by atoms with van der Waals surface area (Å²) >= 11 is 0. The summed E-state index contributed by atoms with van der Waals surface area (Å²) in [6.07, 6.45) is 0. The molecule has 0 bridgehead atoms. The SMILES string of the molecule is CC(C)P(c1cc2ccccc2c2ccccc12)C(C)C. The van der Waals surface area contributed by atoms with Crippen molar-refractivity contribution in [2.75, 3.05) is 0 Å². The lowest BCUT2D eigenvalue weighted by Gasteiger charge is -2.28. The molecule has 0 saturated carbocycles. The maximum atomic E-state index is 2.45. The van der Waals surface area contributed by atoms with Gasteiger partial charge in [0.25, 0.3) is 0 Å². The van der Waals surface area contributed by atoms with Crippen molar-refractivity contribution in [2.24, 2.45) is 0 Å². The minimum Gasteiger partial charge on any atom is -0.0694 e. The highest BCUT2D eigenvalue weighted by atomic mass is 31.1. The molecule has 3 rings (SSSR count). The Labute approximate surface area is 128 Å². The summed E-state index contributed by atoms with van der Waals surface area (Å²) in [4.78, 5) is 0. The fraction of sp³-hybridized carbons (Fsp3) is 0.300. The number of fused-ring (bicyclic) bond motifs is 3. The van der Waals surface area contributed by atoms with E-state index in [0.29, 0.717) is 11.3 Å². The van der Waals surface area contributed by atoms with Gasteiger partial charge < -0.3 is 0 Å². The first-order chi connectivity index (χ1) is 10.1. The summed E-state index contributed by atoms with van der Waals surface area (Å²) in [5, 5.41) is 7.17. The van der Waals surface area contributed by atoms with Gasteiger partial charge in [0, 0.05) is 0 Å². The normalized spacial score (nSPS) is 12.1. The monoisotopic (exact) mass is 294 g/mol. The molecule has 0 aliphatic carbocycles. The van der Waals surface area contributed by atoms with Crippen LogP contribution in [0.15, 0.2) is 54.6 Å². The van der Waals surface area contributed by atoms with Crippen molar-refractivity contribution < 1.29 is 0 Å². The maximum absolute atomic E-state index is 2.45. The van der Waals surface area contributed by atoms with Gasteiger partial charge in [0.1, 0.15) is 0 Å². The fourth-order valence-corrected chi connectivity index (χ4v) is 6.47. The van der Waals surface area contributed by atoms with Gasteiger partial charge in [-0.3, -0.25) is 0 Å². The second-order valence-corrected chi connectivity index (χ2v) is 9.62. The highest BCUT2D eigenvalue weighted by Crippen LogP contribution is 2.47. The van der Waals surface area contributed by atoms with Crippen LogP contribution in [0, 0.1) is 0 Å². The first-order valence-corrected chi connectivity index (χ1v) is 9.26. The molecule has 21 heavy (non-hydrogen) atoms. The second kappa shape index (κ2) is 5.78. The molecule has 0 saturated heterocycles. The zero-order valence-corrected chi connectivity index (χ0v) is 14.2. The van der Waals surface area contributed by atoms with Crippen LogP contribution in [0.5, 0.6) is 0 Å². The summed E-state index contributed by atoms with van der Waals surface area (Å²) in [6, 6.07) is 20.1. The van der Waals surface area contributed by atoms with Crippen LogP contribution in [-0.4, -0.2) is 11.3 Å². The van der Waals surface area contributed by atoms with E-state index in [1.807, 2.05) is 0 Å². The van der Waals surface area contributed by atoms with Crippen LogP contribution < -0.4 is 5.30 Å². The van der Waals surface area contributed by atoms with Crippen LogP contribution in [0.1, 0.15) is 27.7 Å². The molecule has 0 N–H and O–H groups in total. The Hall–Kier alpha value is -1.39. The lowest BCUT2D eigenvalue weighted by Crippen LogP contribution is -2.16. The zero-order chi connectivity index (χ0) is 15.0. The molecule has 0 aliphatic rings. The third kappa shape index (κ3) is 2.58. The number of benzene rings is 3. The van der Waals surface area contributed by atoms with E-state index in [1.54, 1.807) is 5.30 Å². The number of hydrogen-bond acceptors (Lipinski definition) is 0. The molecular weight excluding hydrogens is 271 g/mol. The molecule has 0 aliphatic heterocycles. The van der Waals surface area contributed by atoms with Gasteiger partial charge in [0.15, 0.2) is 0 Å². The highest BCUT2D eigenvalue weighted by molar-refractivity contribution is 7.67. The van der Waals surface area contributed by atoms with E-state index >= 15 is 0 Å². The Morgan fingerprint density at radius 3 is 1.81 bits per heavy atom. The van der Waals surface area contributed by atoms with Gasteiger partial charge in [0.05, 0.1) is 0 Å². The fourth-order valence-electron chi connectivity index (χ4n) is 3.40. The minimum absolute atomic E-state index is 0.147. The van der Waals surface area contributed by atoms with Gasteiger partial charge >= 0.3 is 0 Å². The first kappa shape index (κ1) is 14.5. The van der Waals surface area contributed by atoms with Gasteiger partial charge in [-0.1, -0.05) is 84.1 Å². The molecule has 108 valence electrons. The van der Waals surface area contributed by atoms with Crippen LogP contribution in [0.3, 0.4) is 0 Å². The van der Waals surface area contributed by atoms with Gasteiger partial charge in [-0.25, -0.2) is 0 Å². The number of hydrogen-bond donors (Lipinski definition) is 0. The molecule has 0 unspecified atom stereocenters. The summed E-state index contributed by atoms with van der Waals surface area (Å²) in [5.41, 5.74) is 1.43. The van der Waals surface area contributed by atoms with Crippen molar-refractivity contribution in [3.8, 4) is 0 Å². The first-order valence-electron chi connectivity index (χ1n) is 7.78. The zero-order valence-electron chi connectivity index (χ0n) is 13.3. The molecule has 0 spiro atoms. The molecule has 0 atom stereocenters. The molecule has 0 radical (unpaired) electrons. The summed E-state index contributed by atoms with van der Waals surface area (Å²) in [7, 11) is -0.147. The third-order valence-corrected chi connectivity index (χ3v) is 7.29. The Morgan fingerprint density at radius 2 is 1.19 bits per heavy atom. The maximum Gasteiger partial charge on any atom is -0.00990 e. The van der Waals surface area contributed by atoms with Crippen LogP contribution in [0.2, 0.25) is 0 Å². The largest absolute Gasteiger partial charge is 0.0694 e. The average molecular weight is 294 g/mol. The average Bonchev–Trinajstić information content (AvgIpc) is 2.47. The van der Waals surface area contributed by atoms with Crippen molar-refractivity contribution in [2.45, 2.75) is 39.0 Å². The Bertz CT molecular complexity index is 763. The van der Waals surface area contributed by atoms with E-state index in [9.17, 15) is 0 Å². The van der Waals surface area contributed by atoms with Crippen LogP contribution >= 0.6 is 7.92 Å². The molecule has 0 heterocycles. The second-order valence-electron chi connectivity index (χ2n) is 6.26. The Morgan fingerprint density at radius 1 is 0.667 bits per heavy atom. The van der Waals surface area contributed by atoms with Crippen molar-refractivity contribution in [1.29, 1.82) is 0 Å². The molecule has 1 heteroatoms. The van der Waals surface area contributed by atoms with Crippen LogP contribution in [-0.2, 0) is 0 Å². The smallest absolute Gasteiger partial charge is 0.00990 e. The molecule has 0 amide bonds. The lowest BCUT2D eigenvalue weighted by atomic mass is 10.0. The molecule has 0 fully saturated rings. The Balaban J connectivity index is 2.39. The minimum atomic E-state index is -0.147. The topological polar surface area (TPSA) is 0 Å². The standard InChI is InChI=1S/C20H23P/c1-14(2)21(15(3)4)20-13-16-9-5-6-10-17(16)18-11-7-8-12-19(18)20/h5-15H,1-4H3. The highest BCUT2D eigenvalue weighted by Gasteiger charge is 2.21. The van der Waals surface area contributed by atoms with Crippen molar-refractivity contribution >= 4 is 34.8 Å². The van der Waals surface area contributed by atoms with E-state index in [2.05, 4.69) is 82.3 Å². The van der Waals surface area contributed by atoms with Crippen LogP contribution in [0.4, 0.5) is 0 Å². The predicted molar refractivity (Wildman–Crippen MR) is 98.3 cm³/mol. The van der Waals surface area contributed by atoms with Crippen LogP contribution in [0.25, 0.3) is 21.5 Å². The van der Waals surface area contributed by atoms with E-state index in [4.69, 9.17) is 0 Å². The summed E-state index contributed by atoms with van der Waals surface area (Å²) in [5.74, 6) is 0. The predicted octanol–water partition coefficient (Wildman–Crippen LogP) is 5.92. The quantitative estimate of drug-likeness (QED) is 0.415. The van der Waals surface area contributed by atoms with Gasteiger partial charge in [-0.15, -0.1) is 0 Å². The third-order valence-electron chi connectivity index (χ3n) is 4.14. The van der Waals surface area contributed by atoms with Gasteiger partial charge in [-0.2, -0.15) is 0 Å². The van der Waals surface area contributed by atoms with E-state index in [-0.39, 0.29) is 7.92 Å². The van der Waals surface area contributed by atoms with E-state index in [1.165, 1.54) is 21.5 Å². The molecule has 0 nitrogen and oxygen atoms in total. The molecule has 3 aromatic rings. The lowest BCUT2D eigenvalue weighted by molar-refractivity contribution is 1.02. The van der Waals surface area contributed by atoms with E-state index in [0.717, 1.165) is 0 Å². The van der Waals surface area contributed by atoms with E-state index < -0.39 is 0 Å². The van der Waals surface area contributed by atoms with Crippen molar-refractivity contribution in [1.82, 2.24) is 0 Å². The molecule has 3 aromatic carbocycles.